The van der Waals surface area contributed by atoms with Crippen LogP contribution in [0.2, 0.25) is 0 Å². The topological polar surface area (TPSA) is 69.7 Å². The third-order valence-corrected chi connectivity index (χ3v) is 6.32. The Bertz CT molecular complexity index is 823. The van der Waals surface area contributed by atoms with Crippen LogP contribution in [0.15, 0.2) is 18.2 Å². The number of likely N-dealkylation sites (tertiary alicyclic amines) is 1. The quantitative estimate of drug-likeness (QED) is 0.660. The fourth-order valence-electron chi connectivity index (χ4n) is 4.40. The first-order valence-corrected chi connectivity index (χ1v) is 11.3. The maximum Gasteiger partial charge on any atom is 0.245 e. The van der Waals surface area contributed by atoms with Gasteiger partial charge in [0.05, 0.1) is 0 Å². The molecule has 0 radical (unpaired) electrons. The lowest BCUT2D eigenvalue weighted by molar-refractivity contribution is -0.140. The van der Waals surface area contributed by atoms with E-state index in [4.69, 9.17) is 0 Å². The van der Waals surface area contributed by atoms with Crippen LogP contribution in [0.4, 0.5) is 8.78 Å². The number of nitrogens with zero attached hydrogens (tertiary/aromatic N) is 2. The normalized spacial score (nSPS) is 16.6. The molecule has 1 aromatic carbocycles. The minimum Gasteiger partial charge on any atom is -0.344 e. The van der Waals surface area contributed by atoms with Gasteiger partial charge < -0.3 is 15.1 Å². The third kappa shape index (κ3) is 6.50. The molecule has 2 rings (SSSR count). The van der Waals surface area contributed by atoms with E-state index in [2.05, 4.69) is 5.32 Å². The number of hydrogen-bond donors (Lipinski definition) is 1. The predicted molar refractivity (Wildman–Crippen MR) is 119 cm³/mol. The van der Waals surface area contributed by atoms with Gasteiger partial charge in [-0.05, 0) is 42.7 Å². The van der Waals surface area contributed by atoms with Crippen LogP contribution >= 0.6 is 0 Å². The second-order valence-corrected chi connectivity index (χ2v) is 8.95. The first-order chi connectivity index (χ1) is 15.0. The van der Waals surface area contributed by atoms with E-state index in [9.17, 15) is 23.2 Å². The maximum absolute atomic E-state index is 14.3. The van der Waals surface area contributed by atoms with Crippen molar-refractivity contribution in [3.05, 3.63) is 35.4 Å². The Morgan fingerprint density at radius 1 is 1.19 bits per heavy atom. The van der Waals surface area contributed by atoms with E-state index in [1.807, 2.05) is 13.8 Å². The smallest absolute Gasteiger partial charge is 0.245 e. The Morgan fingerprint density at radius 2 is 1.81 bits per heavy atom. The number of likely N-dealkylation sites (N-methyl/N-ethyl adjacent to an activating group) is 1. The molecule has 3 amide bonds. The van der Waals surface area contributed by atoms with Crippen LogP contribution in [0.3, 0.4) is 0 Å². The van der Waals surface area contributed by atoms with Crippen molar-refractivity contribution in [3.63, 3.8) is 0 Å². The van der Waals surface area contributed by atoms with E-state index in [1.54, 1.807) is 23.8 Å². The van der Waals surface area contributed by atoms with E-state index in [-0.39, 0.29) is 42.0 Å². The van der Waals surface area contributed by atoms with Crippen molar-refractivity contribution in [1.29, 1.82) is 0 Å². The highest BCUT2D eigenvalue weighted by atomic mass is 19.1. The monoisotopic (exact) mass is 451 g/mol. The highest BCUT2D eigenvalue weighted by Gasteiger charge is 2.35. The molecule has 6 nitrogen and oxygen atoms in total. The zero-order valence-electron chi connectivity index (χ0n) is 19.7. The number of amides is 3. The Kier molecular flexibility index (Phi) is 9.16. The van der Waals surface area contributed by atoms with Gasteiger partial charge in [-0.25, -0.2) is 8.78 Å². The van der Waals surface area contributed by atoms with E-state index < -0.39 is 17.7 Å². The van der Waals surface area contributed by atoms with Gasteiger partial charge in [-0.2, -0.15) is 0 Å². The molecule has 0 saturated carbocycles. The minimum atomic E-state index is -0.633. The standard InChI is InChI=1S/C24H35F2N3O3/c1-6-22(31)28(5)21(13-18-7-8-19(25)14-20(18)26)17-9-11-29(12-10-17)24(32)23(15(2)3)27-16(4)30/h7-8,14-15,17,21,23H,6,9-13H2,1-5H3,(H,27,30). The van der Waals surface area contributed by atoms with Crippen molar-refractivity contribution in [2.24, 2.45) is 11.8 Å². The van der Waals surface area contributed by atoms with Crippen molar-refractivity contribution in [2.75, 3.05) is 20.1 Å². The number of nitrogens with one attached hydrogen (secondary N) is 1. The number of carbonyl (C=O) groups is 3. The zero-order chi connectivity index (χ0) is 24.0. The van der Waals surface area contributed by atoms with Crippen LogP contribution in [-0.2, 0) is 20.8 Å². The largest absolute Gasteiger partial charge is 0.344 e. The Hall–Kier alpha value is -2.51. The molecule has 1 heterocycles. The predicted octanol–water partition coefficient (Wildman–Crippen LogP) is 3.14. The van der Waals surface area contributed by atoms with E-state index >= 15 is 0 Å². The lowest BCUT2D eigenvalue weighted by Gasteiger charge is -2.41. The molecule has 0 aliphatic carbocycles. The molecular weight excluding hydrogens is 416 g/mol. The third-order valence-electron chi connectivity index (χ3n) is 6.32. The lowest BCUT2D eigenvalue weighted by atomic mass is 9.84. The van der Waals surface area contributed by atoms with Gasteiger partial charge in [-0.3, -0.25) is 14.4 Å². The number of rotatable bonds is 8. The van der Waals surface area contributed by atoms with Gasteiger partial charge in [0, 0.05) is 45.6 Å². The molecule has 0 spiro atoms. The molecule has 2 unspecified atom stereocenters. The van der Waals surface area contributed by atoms with Gasteiger partial charge in [-0.1, -0.05) is 26.8 Å². The summed E-state index contributed by atoms with van der Waals surface area (Å²) in [5.74, 6) is -1.60. The highest BCUT2D eigenvalue weighted by Crippen LogP contribution is 2.28. The number of benzene rings is 1. The number of hydrogen-bond acceptors (Lipinski definition) is 3. The van der Waals surface area contributed by atoms with Crippen LogP contribution in [0.25, 0.3) is 0 Å². The molecule has 8 heteroatoms. The Balaban J connectivity index is 2.14. The average Bonchev–Trinajstić information content (AvgIpc) is 2.75. The molecule has 2 atom stereocenters. The summed E-state index contributed by atoms with van der Waals surface area (Å²) >= 11 is 0. The van der Waals surface area contributed by atoms with Crippen LogP contribution in [0.1, 0.15) is 52.5 Å². The van der Waals surface area contributed by atoms with Crippen molar-refractivity contribution in [3.8, 4) is 0 Å². The van der Waals surface area contributed by atoms with Crippen molar-refractivity contribution < 1.29 is 23.2 Å². The molecule has 1 aromatic rings. The number of carbonyl (C=O) groups excluding carboxylic acids is 3. The van der Waals surface area contributed by atoms with Gasteiger partial charge in [0.1, 0.15) is 17.7 Å². The van der Waals surface area contributed by atoms with Crippen LogP contribution in [-0.4, -0.2) is 59.7 Å². The van der Waals surface area contributed by atoms with Crippen molar-refractivity contribution >= 4 is 17.7 Å². The highest BCUT2D eigenvalue weighted by molar-refractivity contribution is 5.87. The summed E-state index contributed by atoms with van der Waals surface area (Å²) in [6, 6.07) is 2.70. The molecule has 32 heavy (non-hydrogen) atoms. The Morgan fingerprint density at radius 3 is 2.31 bits per heavy atom. The van der Waals surface area contributed by atoms with Crippen LogP contribution < -0.4 is 5.32 Å². The second kappa shape index (κ2) is 11.4. The van der Waals surface area contributed by atoms with Crippen molar-refractivity contribution in [2.45, 2.75) is 65.5 Å². The second-order valence-electron chi connectivity index (χ2n) is 8.95. The van der Waals surface area contributed by atoms with E-state index in [1.165, 1.54) is 19.1 Å². The summed E-state index contributed by atoms with van der Waals surface area (Å²) in [6.45, 7) is 7.97. The van der Waals surface area contributed by atoms with Crippen molar-refractivity contribution in [1.82, 2.24) is 15.1 Å². The van der Waals surface area contributed by atoms with E-state index in [0.29, 0.717) is 37.9 Å². The summed E-state index contributed by atoms with van der Waals surface area (Å²) in [6.07, 6.45) is 1.94. The number of halogens is 2. The fraction of sp³-hybridized carbons (Fsp3) is 0.625. The van der Waals surface area contributed by atoms with Crippen LogP contribution in [0.5, 0.6) is 0 Å². The Labute approximate surface area is 189 Å². The first-order valence-electron chi connectivity index (χ1n) is 11.3. The summed E-state index contributed by atoms with van der Waals surface area (Å²) in [4.78, 5) is 40.3. The molecule has 1 aliphatic rings. The summed E-state index contributed by atoms with van der Waals surface area (Å²) in [5.41, 5.74) is 0.371. The van der Waals surface area contributed by atoms with Crippen LogP contribution in [0, 0.1) is 23.5 Å². The molecule has 0 aromatic heterocycles. The van der Waals surface area contributed by atoms with Gasteiger partial charge in [-0.15, -0.1) is 0 Å². The fourth-order valence-corrected chi connectivity index (χ4v) is 4.40. The summed E-state index contributed by atoms with van der Waals surface area (Å²) < 4.78 is 27.7. The van der Waals surface area contributed by atoms with Gasteiger partial charge in [0.2, 0.25) is 17.7 Å². The van der Waals surface area contributed by atoms with E-state index in [0.717, 1.165) is 6.07 Å². The SMILES string of the molecule is CCC(=O)N(C)C(Cc1ccc(F)cc1F)C1CCN(C(=O)C(NC(C)=O)C(C)C)CC1. The van der Waals surface area contributed by atoms with Gasteiger partial charge in [0.15, 0.2) is 0 Å². The molecule has 1 saturated heterocycles. The summed E-state index contributed by atoms with van der Waals surface area (Å²) in [7, 11) is 1.72. The van der Waals surface area contributed by atoms with Gasteiger partial charge in [0.25, 0.3) is 0 Å². The molecular formula is C24H35F2N3O3. The maximum atomic E-state index is 14.3. The molecule has 1 N–H and O–H groups in total. The molecule has 1 aliphatic heterocycles. The molecule has 178 valence electrons. The lowest BCUT2D eigenvalue weighted by Crippen LogP contribution is -2.54. The minimum absolute atomic E-state index is 0.0355. The molecule has 1 fully saturated rings. The zero-order valence-corrected chi connectivity index (χ0v) is 19.7. The average molecular weight is 452 g/mol. The van der Waals surface area contributed by atoms with Gasteiger partial charge >= 0.3 is 0 Å². The molecule has 0 bridgehead atoms. The number of piperidine rings is 1. The first kappa shape index (κ1) is 25.7. The summed E-state index contributed by atoms with van der Waals surface area (Å²) in [5, 5.41) is 2.74.